The van der Waals surface area contributed by atoms with Gasteiger partial charge in [-0.2, -0.15) is 0 Å². The van der Waals surface area contributed by atoms with Crippen molar-refractivity contribution in [3.8, 4) is 0 Å². The highest BCUT2D eigenvalue weighted by molar-refractivity contribution is 9.09. The van der Waals surface area contributed by atoms with Crippen LogP contribution in [0.25, 0.3) is 0 Å². The summed E-state index contributed by atoms with van der Waals surface area (Å²) >= 11 is 3.49. The molecule has 0 nitrogen and oxygen atoms in total. The van der Waals surface area contributed by atoms with Crippen LogP contribution in [-0.2, 0) is 0 Å². The average molecular weight is 161 g/mol. The molecule has 0 aromatic heterocycles. The van der Waals surface area contributed by atoms with E-state index in [0.29, 0.717) is 10.2 Å². The molecule has 0 aromatic rings. The average Bonchev–Trinajstić information content (AvgIpc) is 2.18. The summed E-state index contributed by atoms with van der Waals surface area (Å²) < 4.78 is 0. The number of hydrogen-bond acceptors (Lipinski definition) is 0. The Bertz CT molecular complexity index is 98.4. The van der Waals surface area contributed by atoms with Crippen LogP contribution < -0.4 is 0 Å². The van der Waals surface area contributed by atoms with Crippen molar-refractivity contribution in [1.82, 2.24) is 0 Å². The first kappa shape index (κ1) is 5.36. The fourth-order valence-electron chi connectivity index (χ4n) is 0.538. The largest absolute Gasteiger partial charge is 0.102 e. The van der Waals surface area contributed by atoms with Crippen LogP contribution in [0.4, 0.5) is 0 Å². The van der Waals surface area contributed by atoms with Gasteiger partial charge in [-0.1, -0.05) is 28.9 Å². The zero-order valence-electron chi connectivity index (χ0n) is 4.45. The van der Waals surface area contributed by atoms with E-state index in [-0.39, 0.29) is 0 Å². The number of alkyl halides is 1. The van der Waals surface area contributed by atoms with Gasteiger partial charge in [-0.25, -0.2) is 0 Å². The first-order valence-corrected chi connectivity index (χ1v) is 3.38. The van der Waals surface area contributed by atoms with E-state index in [2.05, 4.69) is 29.4 Å². The van der Waals surface area contributed by atoms with Gasteiger partial charge in [-0.3, -0.25) is 0 Å². The fourth-order valence-corrected chi connectivity index (χ4v) is 1.42. The second kappa shape index (κ2) is 1.35. The molecule has 40 valence electrons. The molecule has 0 aliphatic heterocycles. The van der Waals surface area contributed by atoms with Gasteiger partial charge >= 0.3 is 0 Å². The summed E-state index contributed by atoms with van der Waals surface area (Å²) in [5.41, 5.74) is 0.431. The zero-order chi connectivity index (χ0) is 5.49. The molecule has 0 heterocycles. The van der Waals surface area contributed by atoms with Gasteiger partial charge in [-0.15, -0.1) is 6.58 Å². The van der Waals surface area contributed by atoms with Crippen LogP contribution in [0.2, 0.25) is 0 Å². The molecule has 0 N–H and O–H groups in total. The molecule has 1 aliphatic rings. The van der Waals surface area contributed by atoms with Gasteiger partial charge in [0, 0.05) is 4.83 Å². The van der Waals surface area contributed by atoms with E-state index in [1.807, 2.05) is 6.08 Å². The molecule has 0 aromatic carbocycles. The number of allylic oxidation sites excluding steroid dienone is 1. The minimum Gasteiger partial charge on any atom is -0.102 e. The van der Waals surface area contributed by atoms with Crippen LogP contribution in [0.5, 0.6) is 0 Å². The molecule has 0 bridgehead atoms. The molecule has 0 amide bonds. The second-order valence-electron chi connectivity index (χ2n) is 2.38. The van der Waals surface area contributed by atoms with E-state index in [4.69, 9.17) is 0 Å². The lowest BCUT2D eigenvalue weighted by Gasteiger charge is -1.94. The zero-order valence-corrected chi connectivity index (χ0v) is 6.03. The lowest BCUT2D eigenvalue weighted by Crippen LogP contribution is -1.87. The third-order valence-corrected chi connectivity index (χ3v) is 3.01. The van der Waals surface area contributed by atoms with Crippen molar-refractivity contribution < 1.29 is 0 Å². The first-order chi connectivity index (χ1) is 3.19. The Morgan fingerprint density at radius 1 is 2.00 bits per heavy atom. The van der Waals surface area contributed by atoms with Crippen LogP contribution in [0.3, 0.4) is 0 Å². The number of rotatable bonds is 1. The van der Waals surface area contributed by atoms with Crippen LogP contribution in [-0.4, -0.2) is 4.83 Å². The molecule has 1 rings (SSSR count). The summed E-state index contributed by atoms with van der Waals surface area (Å²) in [4.78, 5) is 0.706. The summed E-state index contributed by atoms with van der Waals surface area (Å²) in [6.45, 7) is 5.92. The topological polar surface area (TPSA) is 0 Å². The maximum Gasteiger partial charge on any atom is 0.0242 e. The molecule has 1 fully saturated rings. The maximum atomic E-state index is 3.71. The Balaban J connectivity index is 2.51. The lowest BCUT2D eigenvalue weighted by atomic mass is 10.1. The molecule has 0 spiro atoms. The second-order valence-corrected chi connectivity index (χ2v) is 3.49. The summed E-state index contributed by atoms with van der Waals surface area (Å²) in [6.07, 6.45) is 3.28. The Labute approximate surface area is 52.7 Å². The van der Waals surface area contributed by atoms with E-state index in [9.17, 15) is 0 Å². The monoisotopic (exact) mass is 160 g/mol. The van der Waals surface area contributed by atoms with Crippen molar-refractivity contribution in [2.45, 2.75) is 18.2 Å². The highest BCUT2D eigenvalue weighted by atomic mass is 79.9. The van der Waals surface area contributed by atoms with Crippen molar-refractivity contribution >= 4 is 15.9 Å². The number of halogens is 1. The Morgan fingerprint density at radius 2 is 2.43 bits per heavy atom. The van der Waals surface area contributed by atoms with E-state index in [1.54, 1.807) is 0 Å². The molecule has 2 atom stereocenters. The molecular formula is C6H9Br. The van der Waals surface area contributed by atoms with E-state index in [1.165, 1.54) is 6.42 Å². The van der Waals surface area contributed by atoms with Gasteiger partial charge in [0.2, 0.25) is 0 Å². The van der Waals surface area contributed by atoms with Gasteiger partial charge in [0.25, 0.3) is 0 Å². The van der Waals surface area contributed by atoms with Crippen molar-refractivity contribution in [2.75, 3.05) is 0 Å². The maximum absolute atomic E-state index is 3.71. The van der Waals surface area contributed by atoms with Gasteiger partial charge in [0.05, 0.1) is 0 Å². The molecule has 0 saturated heterocycles. The molecule has 7 heavy (non-hydrogen) atoms. The standard InChI is InChI=1S/C6H9Br/c1-3-6(2)4-5(6)7/h3,5H,1,4H2,2H3. The number of hydrogen-bond donors (Lipinski definition) is 0. The van der Waals surface area contributed by atoms with Crippen molar-refractivity contribution in [3.05, 3.63) is 12.7 Å². The van der Waals surface area contributed by atoms with Gasteiger partial charge in [0.15, 0.2) is 0 Å². The predicted octanol–water partition coefficient (Wildman–Crippen LogP) is 2.35. The van der Waals surface area contributed by atoms with Gasteiger partial charge < -0.3 is 0 Å². The van der Waals surface area contributed by atoms with E-state index >= 15 is 0 Å². The predicted molar refractivity (Wildman–Crippen MR) is 35.6 cm³/mol. The third kappa shape index (κ3) is 0.742. The fraction of sp³-hybridized carbons (Fsp3) is 0.667. The summed E-state index contributed by atoms with van der Waals surface area (Å²) in [5, 5.41) is 0. The molecule has 1 aliphatic carbocycles. The van der Waals surface area contributed by atoms with Crippen LogP contribution in [0, 0.1) is 5.41 Å². The molecular weight excluding hydrogens is 152 g/mol. The molecule has 1 heteroatoms. The molecule has 0 radical (unpaired) electrons. The van der Waals surface area contributed by atoms with Crippen LogP contribution in [0.1, 0.15) is 13.3 Å². The van der Waals surface area contributed by atoms with Gasteiger partial charge in [-0.05, 0) is 11.8 Å². The third-order valence-electron chi connectivity index (χ3n) is 1.64. The molecule has 1 saturated carbocycles. The highest BCUT2D eigenvalue weighted by Gasteiger charge is 2.45. The van der Waals surface area contributed by atoms with Crippen molar-refractivity contribution in [3.63, 3.8) is 0 Å². The summed E-state index contributed by atoms with van der Waals surface area (Å²) in [7, 11) is 0. The highest BCUT2D eigenvalue weighted by Crippen LogP contribution is 2.51. The van der Waals surface area contributed by atoms with Crippen LogP contribution >= 0.6 is 15.9 Å². The minimum absolute atomic E-state index is 0.431. The van der Waals surface area contributed by atoms with Gasteiger partial charge in [0.1, 0.15) is 0 Å². The quantitative estimate of drug-likeness (QED) is 0.409. The van der Waals surface area contributed by atoms with E-state index in [0.717, 1.165) is 0 Å². The summed E-state index contributed by atoms with van der Waals surface area (Å²) in [6, 6.07) is 0. The first-order valence-electron chi connectivity index (χ1n) is 2.47. The smallest absolute Gasteiger partial charge is 0.0242 e. The van der Waals surface area contributed by atoms with E-state index < -0.39 is 0 Å². The Hall–Kier alpha value is 0.220. The molecule has 2 unspecified atom stereocenters. The normalized spacial score (nSPS) is 48.6. The van der Waals surface area contributed by atoms with Crippen molar-refractivity contribution in [2.24, 2.45) is 5.41 Å². The Morgan fingerprint density at radius 3 is 2.43 bits per heavy atom. The van der Waals surface area contributed by atoms with Crippen LogP contribution in [0.15, 0.2) is 12.7 Å². The summed E-state index contributed by atoms with van der Waals surface area (Å²) in [5.74, 6) is 0. The Kier molecular flexibility index (Phi) is 1.03. The SMILES string of the molecule is C=CC1(C)CC1Br. The lowest BCUT2D eigenvalue weighted by molar-refractivity contribution is 0.758. The minimum atomic E-state index is 0.431. The van der Waals surface area contributed by atoms with Crippen molar-refractivity contribution in [1.29, 1.82) is 0 Å².